The van der Waals surface area contributed by atoms with Crippen LogP contribution in [0.5, 0.6) is 5.75 Å². The lowest BCUT2D eigenvalue weighted by molar-refractivity contribution is -0.274. The third-order valence-corrected chi connectivity index (χ3v) is 4.16. The van der Waals surface area contributed by atoms with Gasteiger partial charge in [0.15, 0.2) is 0 Å². The van der Waals surface area contributed by atoms with Gasteiger partial charge < -0.3 is 10.1 Å². The highest BCUT2D eigenvalue weighted by atomic mass is 32.2. The average molecular weight is 305 g/mol. The van der Waals surface area contributed by atoms with Gasteiger partial charge in [0.25, 0.3) is 5.91 Å². The van der Waals surface area contributed by atoms with Crippen molar-refractivity contribution in [2.75, 3.05) is 18.1 Å². The van der Waals surface area contributed by atoms with Crippen molar-refractivity contribution in [3.8, 4) is 5.75 Å². The van der Waals surface area contributed by atoms with Gasteiger partial charge in [-0.25, -0.2) is 0 Å². The second-order valence-corrected chi connectivity index (χ2v) is 5.63. The van der Waals surface area contributed by atoms with Crippen molar-refractivity contribution in [3.05, 3.63) is 29.8 Å². The maximum Gasteiger partial charge on any atom is 0.573 e. The first-order valence-corrected chi connectivity index (χ1v) is 7.32. The highest BCUT2D eigenvalue weighted by Crippen LogP contribution is 2.26. The molecule has 0 spiro atoms. The lowest BCUT2D eigenvalue weighted by Gasteiger charge is -2.14. The highest BCUT2D eigenvalue weighted by molar-refractivity contribution is 7.99. The Hall–Kier alpha value is -1.37. The summed E-state index contributed by atoms with van der Waals surface area (Å²) >= 11 is 1.82. The zero-order valence-corrected chi connectivity index (χ0v) is 11.4. The van der Waals surface area contributed by atoms with E-state index in [2.05, 4.69) is 10.1 Å². The highest BCUT2D eigenvalue weighted by Gasteiger charge is 2.32. The zero-order valence-electron chi connectivity index (χ0n) is 10.6. The fraction of sp³-hybridized carbons (Fsp3) is 0.462. The Labute approximate surface area is 118 Å². The van der Waals surface area contributed by atoms with Crippen LogP contribution in [-0.4, -0.2) is 30.3 Å². The van der Waals surface area contributed by atoms with Crippen LogP contribution in [0.25, 0.3) is 0 Å². The average Bonchev–Trinajstić information content (AvgIpc) is 2.88. The van der Waals surface area contributed by atoms with E-state index in [1.54, 1.807) is 0 Å². The molecule has 0 aliphatic carbocycles. The number of nitrogens with one attached hydrogen (secondary N) is 1. The monoisotopic (exact) mass is 305 g/mol. The molecule has 3 nitrogen and oxygen atoms in total. The van der Waals surface area contributed by atoms with E-state index in [1.165, 1.54) is 18.2 Å². The number of hydrogen-bond acceptors (Lipinski definition) is 3. The van der Waals surface area contributed by atoms with E-state index in [9.17, 15) is 18.0 Å². The minimum Gasteiger partial charge on any atom is -0.405 e. The van der Waals surface area contributed by atoms with Crippen LogP contribution < -0.4 is 10.1 Å². The van der Waals surface area contributed by atoms with Gasteiger partial charge in [-0.1, -0.05) is 12.1 Å². The molecular formula is C13H14F3NO2S. The van der Waals surface area contributed by atoms with E-state index >= 15 is 0 Å². The summed E-state index contributed by atoms with van der Waals surface area (Å²) in [6, 6.07) is 5.35. The van der Waals surface area contributed by atoms with Gasteiger partial charge in [-0.05, 0) is 36.0 Å². The smallest absolute Gasteiger partial charge is 0.405 e. The molecule has 2 rings (SSSR count). The van der Waals surface area contributed by atoms with E-state index in [4.69, 9.17) is 0 Å². The van der Waals surface area contributed by atoms with Gasteiger partial charge >= 0.3 is 6.36 Å². The molecule has 1 aliphatic rings. The van der Waals surface area contributed by atoms with E-state index < -0.39 is 18.0 Å². The summed E-state index contributed by atoms with van der Waals surface area (Å²) < 4.78 is 40.6. The molecule has 1 aliphatic heterocycles. The van der Waals surface area contributed by atoms with E-state index in [0.717, 1.165) is 24.0 Å². The van der Waals surface area contributed by atoms with Crippen LogP contribution in [0.15, 0.2) is 24.3 Å². The van der Waals surface area contributed by atoms with Crippen molar-refractivity contribution in [3.63, 3.8) is 0 Å². The Morgan fingerprint density at radius 3 is 2.80 bits per heavy atom. The number of benzene rings is 1. The molecule has 1 N–H and O–H groups in total. The summed E-state index contributed by atoms with van der Waals surface area (Å²) in [6.07, 6.45) is -3.79. The van der Waals surface area contributed by atoms with Gasteiger partial charge in [-0.15, -0.1) is 13.2 Å². The standard InChI is InChI=1S/C13H14F3NO2S/c14-13(15,16)19-11-4-2-1-3-10(11)12(18)17-7-9-5-6-20-8-9/h1-4,9H,5-8H2,(H,17,18). The van der Waals surface area contributed by atoms with Gasteiger partial charge in [0.2, 0.25) is 0 Å². The molecule has 1 heterocycles. The molecule has 0 saturated carbocycles. The fourth-order valence-corrected chi connectivity index (χ4v) is 3.23. The van der Waals surface area contributed by atoms with Crippen molar-refractivity contribution in [1.29, 1.82) is 0 Å². The first-order chi connectivity index (χ1) is 9.46. The Bertz CT molecular complexity index is 473. The molecule has 1 saturated heterocycles. The molecule has 7 heteroatoms. The maximum absolute atomic E-state index is 12.3. The molecule has 1 amide bonds. The van der Waals surface area contributed by atoms with Crippen molar-refractivity contribution in [1.82, 2.24) is 5.32 Å². The summed E-state index contributed by atoms with van der Waals surface area (Å²) in [5, 5.41) is 2.67. The number of alkyl halides is 3. The molecular weight excluding hydrogens is 291 g/mol. The normalized spacial score (nSPS) is 18.9. The van der Waals surface area contributed by atoms with E-state index in [-0.39, 0.29) is 5.56 Å². The maximum atomic E-state index is 12.3. The molecule has 0 aromatic heterocycles. The lowest BCUT2D eigenvalue weighted by Crippen LogP contribution is -2.30. The quantitative estimate of drug-likeness (QED) is 0.929. The first-order valence-electron chi connectivity index (χ1n) is 6.16. The molecule has 1 aromatic carbocycles. The second kappa shape index (κ2) is 6.39. The number of carbonyl (C=O) groups excluding carboxylic acids is 1. The number of ether oxygens (including phenoxy) is 1. The molecule has 20 heavy (non-hydrogen) atoms. The van der Waals surface area contributed by atoms with E-state index in [0.29, 0.717) is 12.5 Å². The van der Waals surface area contributed by atoms with Crippen LogP contribution in [-0.2, 0) is 0 Å². The van der Waals surface area contributed by atoms with Gasteiger partial charge in [0.1, 0.15) is 5.75 Å². The third kappa shape index (κ3) is 4.33. The van der Waals surface area contributed by atoms with Gasteiger partial charge in [-0.2, -0.15) is 11.8 Å². The number of hydrogen-bond donors (Lipinski definition) is 1. The van der Waals surface area contributed by atoms with Crippen molar-refractivity contribution >= 4 is 17.7 Å². The molecule has 110 valence electrons. The van der Waals surface area contributed by atoms with Crippen LogP contribution in [0.1, 0.15) is 16.8 Å². The van der Waals surface area contributed by atoms with Crippen LogP contribution in [0.4, 0.5) is 13.2 Å². The number of carbonyl (C=O) groups is 1. The summed E-state index contributed by atoms with van der Waals surface area (Å²) in [5.74, 6) is 1.41. The third-order valence-electron chi connectivity index (χ3n) is 2.93. The number of para-hydroxylation sites is 1. The van der Waals surface area contributed by atoms with Gasteiger partial charge in [0, 0.05) is 6.54 Å². The summed E-state index contributed by atoms with van der Waals surface area (Å²) in [6.45, 7) is 0.478. The second-order valence-electron chi connectivity index (χ2n) is 4.48. The summed E-state index contributed by atoms with van der Waals surface area (Å²) in [7, 11) is 0. The number of thioether (sulfide) groups is 1. The Morgan fingerprint density at radius 1 is 1.40 bits per heavy atom. The largest absolute Gasteiger partial charge is 0.573 e. The molecule has 1 aromatic rings. The summed E-state index contributed by atoms with van der Waals surface area (Å²) in [4.78, 5) is 11.9. The Morgan fingerprint density at radius 2 is 2.15 bits per heavy atom. The number of halogens is 3. The molecule has 1 unspecified atom stereocenters. The minimum absolute atomic E-state index is 0.101. The van der Waals surface area contributed by atoms with Gasteiger partial charge in [0.05, 0.1) is 5.56 Å². The van der Waals surface area contributed by atoms with Crippen LogP contribution in [0.3, 0.4) is 0 Å². The fourth-order valence-electron chi connectivity index (χ4n) is 1.94. The molecule has 1 fully saturated rings. The topological polar surface area (TPSA) is 38.3 Å². The lowest BCUT2D eigenvalue weighted by atomic mass is 10.1. The first kappa shape index (κ1) is 15.0. The minimum atomic E-state index is -4.81. The molecule has 0 bridgehead atoms. The SMILES string of the molecule is O=C(NCC1CCSC1)c1ccccc1OC(F)(F)F. The summed E-state index contributed by atoms with van der Waals surface area (Å²) in [5.41, 5.74) is -0.101. The predicted octanol–water partition coefficient (Wildman–Crippen LogP) is 3.07. The van der Waals surface area contributed by atoms with Gasteiger partial charge in [-0.3, -0.25) is 4.79 Å². The Kier molecular flexibility index (Phi) is 4.80. The van der Waals surface area contributed by atoms with Crippen LogP contribution >= 0.6 is 11.8 Å². The van der Waals surface area contributed by atoms with E-state index in [1.807, 2.05) is 11.8 Å². The number of rotatable bonds is 4. The predicted molar refractivity (Wildman–Crippen MR) is 70.9 cm³/mol. The number of amides is 1. The molecule has 1 atom stereocenters. The zero-order chi connectivity index (χ0) is 14.6. The Balaban J connectivity index is 2.01. The van der Waals surface area contributed by atoms with Crippen molar-refractivity contribution < 1.29 is 22.7 Å². The van der Waals surface area contributed by atoms with Crippen molar-refractivity contribution in [2.24, 2.45) is 5.92 Å². The van der Waals surface area contributed by atoms with Crippen molar-refractivity contribution in [2.45, 2.75) is 12.8 Å². The van der Waals surface area contributed by atoms with Crippen LogP contribution in [0, 0.1) is 5.92 Å². The molecule has 0 radical (unpaired) electrons. The van der Waals surface area contributed by atoms with Crippen LogP contribution in [0.2, 0.25) is 0 Å².